The average molecular weight is 329 g/mol. The summed E-state index contributed by atoms with van der Waals surface area (Å²) in [5.41, 5.74) is 1.53. The van der Waals surface area contributed by atoms with Crippen LogP contribution in [0.25, 0.3) is 10.2 Å². The summed E-state index contributed by atoms with van der Waals surface area (Å²) in [6.07, 6.45) is 0.593. The maximum atomic E-state index is 12.5. The van der Waals surface area contributed by atoms with E-state index < -0.39 is 0 Å². The lowest BCUT2D eigenvalue weighted by molar-refractivity contribution is -0.144. The average Bonchev–Trinajstić information content (AvgIpc) is 3.00. The van der Waals surface area contributed by atoms with Gasteiger partial charge >= 0.3 is 0 Å². The number of hydrogen-bond acceptors (Lipinski definition) is 5. The number of aromatic nitrogens is 1. The highest BCUT2D eigenvalue weighted by atomic mass is 32.1. The quantitative estimate of drug-likeness (QED) is 0.784. The zero-order valence-electron chi connectivity index (χ0n) is 12.6. The molecule has 4 rings (SSSR count). The van der Waals surface area contributed by atoms with E-state index in [-0.39, 0.29) is 23.8 Å². The van der Waals surface area contributed by atoms with E-state index >= 15 is 0 Å². The standard InChI is InChI=1S/C16H15N3O3S/c1-9-17-12-3-2-10(6-13(12)23-9)16(22)18-7-11(8-18)19-14(20)4-5-15(19)21/h2-3,6,11H,4-5,7-8H2,1H3. The van der Waals surface area contributed by atoms with Crippen molar-refractivity contribution in [3.05, 3.63) is 28.8 Å². The molecule has 1 aromatic carbocycles. The van der Waals surface area contributed by atoms with Crippen LogP contribution in [0.15, 0.2) is 18.2 Å². The van der Waals surface area contributed by atoms with E-state index in [1.54, 1.807) is 22.3 Å². The van der Waals surface area contributed by atoms with Crippen LogP contribution in [0.1, 0.15) is 28.2 Å². The second-order valence-electron chi connectivity index (χ2n) is 5.94. The first kappa shape index (κ1) is 14.3. The van der Waals surface area contributed by atoms with E-state index in [1.807, 2.05) is 19.1 Å². The zero-order valence-corrected chi connectivity index (χ0v) is 13.4. The molecule has 7 heteroatoms. The number of imide groups is 1. The largest absolute Gasteiger partial charge is 0.334 e. The van der Waals surface area contributed by atoms with Crippen LogP contribution in [0.2, 0.25) is 0 Å². The van der Waals surface area contributed by atoms with Crippen molar-refractivity contribution >= 4 is 39.3 Å². The van der Waals surface area contributed by atoms with Gasteiger partial charge < -0.3 is 4.90 Å². The number of hydrogen-bond donors (Lipinski definition) is 0. The molecular weight excluding hydrogens is 314 g/mol. The van der Waals surface area contributed by atoms with E-state index in [1.165, 1.54) is 4.90 Å². The van der Waals surface area contributed by atoms with Crippen molar-refractivity contribution in [2.45, 2.75) is 25.8 Å². The van der Waals surface area contributed by atoms with Gasteiger partial charge in [-0.3, -0.25) is 19.3 Å². The lowest BCUT2D eigenvalue weighted by Crippen LogP contribution is -2.62. The fraction of sp³-hybridized carbons (Fsp3) is 0.375. The minimum absolute atomic E-state index is 0.0618. The van der Waals surface area contributed by atoms with Gasteiger partial charge in [0.05, 0.1) is 21.3 Å². The molecule has 0 N–H and O–H groups in total. The molecule has 118 valence electrons. The Kier molecular flexibility index (Phi) is 3.19. The van der Waals surface area contributed by atoms with Crippen molar-refractivity contribution in [1.29, 1.82) is 0 Å². The first-order valence-electron chi connectivity index (χ1n) is 7.54. The van der Waals surface area contributed by atoms with Crippen LogP contribution >= 0.6 is 11.3 Å². The van der Waals surface area contributed by atoms with Gasteiger partial charge in [0, 0.05) is 31.5 Å². The summed E-state index contributed by atoms with van der Waals surface area (Å²) in [7, 11) is 0. The van der Waals surface area contributed by atoms with Crippen LogP contribution in [0.3, 0.4) is 0 Å². The Morgan fingerprint density at radius 2 is 1.91 bits per heavy atom. The molecule has 0 spiro atoms. The number of nitrogens with zero attached hydrogens (tertiary/aromatic N) is 3. The van der Waals surface area contributed by atoms with Crippen molar-refractivity contribution in [3.8, 4) is 0 Å². The monoisotopic (exact) mass is 329 g/mol. The molecule has 0 saturated carbocycles. The summed E-state index contributed by atoms with van der Waals surface area (Å²) in [5, 5.41) is 0.972. The van der Waals surface area contributed by atoms with Crippen LogP contribution in [-0.4, -0.2) is 51.6 Å². The summed E-state index contributed by atoms with van der Waals surface area (Å²) in [6.45, 7) is 2.79. The Morgan fingerprint density at radius 3 is 2.61 bits per heavy atom. The molecule has 3 heterocycles. The van der Waals surface area contributed by atoms with Crippen molar-refractivity contribution < 1.29 is 14.4 Å². The Morgan fingerprint density at radius 1 is 1.22 bits per heavy atom. The maximum Gasteiger partial charge on any atom is 0.254 e. The minimum Gasteiger partial charge on any atom is -0.334 e. The Bertz CT molecular complexity index is 822. The third kappa shape index (κ3) is 2.31. The van der Waals surface area contributed by atoms with Gasteiger partial charge in [-0.05, 0) is 25.1 Å². The molecular formula is C16H15N3O3S. The van der Waals surface area contributed by atoms with Gasteiger partial charge in [-0.1, -0.05) is 0 Å². The van der Waals surface area contributed by atoms with Crippen molar-refractivity contribution in [2.24, 2.45) is 0 Å². The van der Waals surface area contributed by atoms with Crippen LogP contribution < -0.4 is 0 Å². The number of fused-ring (bicyclic) bond motifs is 1. The molecule has 0 unspecified atom stereocenters. The second-order valence-corrected chi connectivity index (χ2v) is 7.17. The summed E-state index contributed by atoms with van der Waals surface area (Å²) < 4.78 is 0.996. The van der Waals surface area contributed by atoms with E-state index in [2.05, 4.69) is 4.98 Å². The number of carbonyl (C=O) groups excluding carboxylic acids is 3. The maximum absolute atomic E-state index is 12.5. The molecule has 0 bridgehead atoms. The van der Waals surface area contributed by atoms with Gasteiger partial charge in [-0.15, -0.1) is 11.3 Å². The molecule has 2 saturated heterocycles. The SMILES string of the molecule is Cc1nc2ccc(C(=O)N3CC(N4C(=O)CCC4=O)C3)cc2s1. The van der Waals surface area contributed by atoms with Crippen LogP contribution in [0.5, 0.6) is 0 Å². The van der Waals surface area contributed by atoms with E-state index in [4.69, 9.17) is 0 Å². The fourth-order valence-corrected chi connectivity index (χ4v) is 4.01. The molecule has 0 atom stereocenters. The number of amides is 3. The van der Waals surface area contributed by atoms with Crippen LogP contribution in [0.4, 0.5) is 0 Å². The first-order valence-corrected chi connectivity index (χ1v) is 8.36. The highest BCUT2D eigenvalue weighted by molar-refractivity contribution is 7.18. The second kappa shape index (κ2) is 5.13. The molecule has 2 aliphatic heterocycles. The smallest absolute Gasteiger partial charge is 0.254 e. The van der Waals surface area contributed by atoms with Crippen LogP contribution in [-0.2, 0) is 9.59 Å². The predicted octanol–water partition coefficient (Wildman–Crippen LogP) is 1.58. The number of carbonyl (C=O) groups is 3. The highest BCUT2D eigenvalue weighted by Gasteiger charge is 2.42. The summed E-state index contributed by atoms with van der Waals surface area (Å²) in [4.78, 5) is 43.3. The van der Waals surface area contributed by atoms with Gasteiger partial charge in [-0.25, -0.2) is 4.98 Å². The summed E-state index contributed by atoms with van der Waals surface area (Å²) in [6, 6.07) is 5.35. The van der Waals surface area contributed by atoms with Gasteiger partial charge in [-0.2, -0.15) is 0 Å². The molecule has 3 amide bonds. The van der Waals surface area contributed by atoms with E-state index in [0.29, 0.717) is 31.5 Å². The van der Waals surface area contributed by atoms with Crippen molar-refractivity contribution in [1.82, 2.24) is 14.8 Å². The molecule has 2 fully saturated rings. The molecule has 0 radical (unpaired) electrons. The Balaban J connectivity index is 1.48. The van der Waals surface area contributed by atoms with Gasteiger partial charge in [0.25, 0.3) is 5.91 Å². The molecule has 0 aliphatic carbocycles. The van der Waals surface area contributed by atoms with Gasteiger partial charge in [0.15, 0.2) is 0 Å². The number of thiazole rings is 1. The normalized spacial score (nSPS) is 18.8. The summed E-state index contributed by atoms with van der Waals surface area (Å²) >= 11 is 1.56. The minimum atomic E-state index is -0.157. The fourth-order valence-electron chi connectivity index (χ4n) is 3.14. The third-order valence-corrected chi connectivity index (χ3v) is 5.28. The highest BCUT2D eigenvalue weighted by Crippen LogP contribution is 2.26. The van der Waals surface area contributed by atoms with Crippen molar-refractivity contribution in [3.63, 3.8) is 0 Å². The molecule has 1 aromatic heterocycles. The molecule has 23 heavy (non-hydrogen) atoms. The van der Waals surface area contributed by atoms with Gasteiger partial charge in [0.2, 0.25) is 11.8 Å². The molecule has 6 nitrogen and oxygen atoms in total. The molecule has 2 aromatic rings. The number of rotatable bonds is 2. The first-order chi connectivity index (χ1) is 11.0. The number of likely N-dealkylation sites (tertiary alicyclic amines) is 2. The van der Waals surface area contributed by atoms with Crippen molar-refractivity contribution in [2.75, 3.05) is 13.1 Å². The lowest BCUT2D eigenvalue weighted by Gasteiger charge is -2.43. The lowest BCUT2D eigenvalue weighted by atomic mass is 10.0. The third-order valence-electron chi connectivity index (χ3n) is 4.35. The topological polar surface area (TPSA) is 70.6 Å². The Labute approximate surface area is 136 Å². The van der Waals surface area contributed by atoms with Crippen LogP contribution in [0, 0.1) is 6.92 Å². The zero-order chi connectivity index (χ0) is 16.1. The Hall–Kier alpha value is -2.28. The number of aryl methyl sites for hydroxylation is 1. The van der Waals surface area contributed by atoms with E-state index in [0.717, 1.165) is 15.2 Å². The number of benzene rings is 1. The summed E-state index contributed by atoms with van der Waals surface area (Å²) in [5.74, 6) is -0.296. The van der Waals surface area contributed by atoms with Gasteiger partial charge in [0.1, 0.15) is 0 Å². The van der Waals surface area contributed by atoms with E-state index in [9.17, 15) is 14.4 Å². The molecule has 2 aliphatic rings. The predicted molar refractivity (Wildman–Crippen MR) is 85.1 cm³/mol.